The molecule has 174 valence electrons. The summed E-state index contributed by atoms with van der Waals surface area (Å²) in [4.78, 5) is 14.3. The molecule has 2 heterocycles. The van der Waals surface area contributed by atoms with Gasteiger partial charge in [-0.1, -0.05) is 24.2 Å². The van der Waals surface area contributed by atoms with Crippen LogP contribution in [0.2, 0.25) is 0 Å². The van der Waals surface area contributed by atoms with Crippen LogP contribution in [0.25, 0.3) is 11.1 Å². The predicted molar refractivity (Wildman–Crippen MR) is 126 cm³/mol. The Morgan fingerprint density at radius 2 is 1.91 bits per heavy atom. The second kappa shape index (κ2) is 9.66. The Bertz CT molecular complexity index is 1230. The number of esters is 1. The number of hydrogen-bond acceptors (Lipinski definition) is 7. The highest BCUT2D eigenvalue weighted by Crippen LogP contribution is 2.35. The van der Waals surface area contributed by atoms with Gasteiger partial charge in [0.05, 0.1) is 35.1 Å². The minimum absolute atomic E-state index is 0.0628. The van der Waals surface area contributed by atoms with Gasteiger partial charge in [0.25, 0.3) is 10.0 Å². The van der Waals surface area contributed by atoms with E-state index < -0.39 is 16.0 Å². The van der Waals surface area contributed by atoms with E-state index in [9.17, 15) is 13.2 Å². The molecule has 1 aliphatic heterocycles. The molecule has 0 amide bonds. The van der Waals surface area contributed by atoms with E-state index in [0.29, 0.717) is 17.7 Å². The molecule has 1 saturated heterocycles. The fraction of sp³-hybridized carbons (Fsp3) is 0.333. The second-order valence-electron chi connectivity index (χ2n) is 7.97. The first kappa shape index (κ1) is 22.8. The summed E-state index contributed by atoms with van der Waals surface area (Å²) in [6, 6.07) is 10.3. The third-order valence-electron chi connectivity index (χ3n) is 5.86. The molecule has 1 aromatic heterocycles. The summed E-state index contributed by atoms with van der Waals surface area (Å²) < 4.78 is 39.7. The zero-order valence-electron chi connectivity index (χ0n) is 18.7. The zero-order chi connectivity index (χ0) is 23.4. The normalized spacial score (nSPS) is 14.2. The van der Waals surface area contributed by atoms with E-state index in [1.54, 1.807) is 24.4 Å². The van der Waals surface area contributed by atoms with E-state index in [4.69, 9.17) is 9.26 Å². The van der Waals surface area contributed by atoms with Crippen molar-refractivity contribution in [2.75, 3.05) is 29.8 Å². The Labute approximate surface area is 193 Å². The van der Waals surface area contributed by atoms with Crippen LogP contribution in [0.5, 0.6) is 0 Å². The topological polar surface area (TPSA) is 102 Å². The first-order valence-electron chi connectivity index (χ1n) is 11.0. The van der Waals surface area contributed by atoms with Gasteiger partial charge in [-0.25, -0.2) is 13.2 Å². The minimum Gasteiger partial charge on any atom is -0.465 e. The van der Waals surface area contributed by atoms with Crippen LogP contribution in [0.15, 0.2) is 58.3 Å². The number of nitrogens with zero attached hydrogens (tertiary/aromatic N) is 2. The lowest BCUT2D eigenvalue weighted by Gasteiger charge is -2.31. The number of benzene rings is 2. The van der Waals surface area contributed by atoms with E-state index in [1.165, 1.54) is 19.4 Å². The summed E-state index contributed by atoms with van der Waals surface area (Å²) in [5, 5.41) is 3.75. The number of carbonyl (C=O) groups is 1. The zero-order valence-corrected chi connectivity index (χ0v) is 19.5. The highest BCUT2D eigenvalue weighted by Gasteiger charge is 2.24. The van der Waals surface area contributed by atoms with Crippen molar-refractivity contribution in [3.05, 3.63) is 60.0 Å². The first-order chi connectivity index (χ1) is 15.9. The van der Waals surface area contributed by atoms with Gasteiger partial charge in [-0.2, -0.15) is 0 Å². The molecule has 1 N–H and O–H groups in total. The van der Waals surface area contributed by atoms with E-state index in [0.717, 1.165) is 49.2 Å². The molecule has 0 atom stereocenters. The van der Waals surface area contributed by atoms with Gasteiger partial charge in [0.1, 0.15) is 6.26 Å². The largest absolute Gasteiger partial charge is 0.465 e. The smallest absolute Gasteiger partial charge is 0.337 e. The maximum Gasteiger partial charge on any atom is 0.337 e. The molecule has 0 spiro atoms. The van der Waals surface area contributed by atoms with Gasteiger partial charge in [-0.15, -0.1) is 0 Å². The molecule has 2 aromatic carbocycles. The van der Waals surface area contributed by atoms with Gasteiger partial charge in [-0.3, -0.25) is 4.72 Å². The predicted octanol–water partition coefficient (Wildman–Crippen LogP) is 4.48. The summed E-state index contributed by atoms with van der Waals surface area (Å²) in [5.41, 5.74) is 3.63. The van der Waals surface area contributed by atoms with E-state index in [2.05, 4.69) is 14.8 Å². The second-order valence-corrected chi connectivity index (χ2v) is 9.62. The third kappa shape index (κ3) is 4.88. The van der Waals surface area contributed by atoms with Crippen LogP contribution >= 0.6 is 0 Å². The summed E-state index contributed by atoms with van der Waals surface area (Å²) in [5.74, 6) is -0.586. The molecule has 0 radical (unpaired) electrons. The van der Waals surface area contributed by atoms with Crippen LogP contribution in [-0.2, 0) is 21.2 Å². The first-order valence-corrected chi connectivity index (χ1v) is 12.4. The van der Waals surface area contributed by atoms with Crippen molar-refractivity contribution < 1.29 is 22.5 Å². The number of piperidine rings is 1. The Kier molecular flexibility index (Phi) is 6.69. The quantitative estimate of drug-likeness (QED) is 0.509. The molecule has 4 rings (SSSR count). The van der Waals surface area contributed by atoms with Crippen molar-refractivity contribution in [2.45, 2.75) is 37.5 Å². The number of methoxy groups -OCH3 is 1. The number of carbonyl (C=O) groups excluding carboxylic acids is 1. The number of rotatable bonds is 7. The number of aryl methyl sites for hydroxylation is 1. The molecular weight excluding hydrogens is 442 g/mol. The molecule has 3 aromatic rings. The average molecular weight is 470 g/mol. The van der Waals surface area contributed by atoms with Gasteiger partial charge in [0, 0.05) is 18.7 Å². The van der Waals surface area contributed by atoms with Crippen molar-refractivity contribution in [1.29, 1.82) is 0 Å². The maximum absolute atomic E-state index is 13.6. The Morgan fingerprint density at radius 1 is 1.12 bits per heavy atom. The number of ether oxygens (including phenoxy) is 1. The third-order valence-corrected chi connectivity index (χ3v) is 7.31. The SMILES string of the molecule is CCc1ccc(C(=O)OC)cc1S(=O)(=O)Nc1cc(-c2cnoc2)ccc1N1CCCCC1. The minimum atomic E-state index is -3.99. The van der Waals surface area contributed by atoms with E-state index in [1.807, 2.05) is 19.1 Å². The van der Waals surface area contributed by atoms with Crippen LogP contribution in [0.3, 0.4) is 0 Å². The van der Waals surface area contributed by atoms with Crippen LogP contribution in [0.1, 0.15) is 42.1 Å². The molecular formula is C24H27N3O5S. The lowest BCUT2D eigenvalue weighted by molar-refractivity contribution is 0.0600. The molecule has 0 saturated carbocycles. The molecule has 1 aliphatic rings. The standard InChI is InChI=1S/C24H27N3O5S/c1-3-17-7-8-19(24(28)31-2)14-23(17)33(29,30)26-21-13-18(20-15-25-32-16-20)9-10-22(21)27-11-5-4-6-12-27/h7-10,13-16,26H,3-6,11-12H2,1-2H3. The summed E-state index contributed by atoms with van der Waals surface area (Å²) in [6.45, 7) is 3.59. The van der Waals surface area contributed by atoms with E-state index in [-0.39, 0.29) is 10.5 Å². The Balaban J connectivity index is 1.78. The van der Waals surface area contributed by atoms with Gasteiger partial charge in [-0.05, 0) is 61.1 Å². The maximum atomic E-state index is 13.6. The number of nitrogens with one attached hydrogen (secondary N) is 1. The summed E-state index contributed by atoms with van der Waals surface area (Å²) in [7, 11) is -2.72. The van der Waals surface area contributed by atoms with Crippen LogP contribution < -0.4 is 9.62 Å². The monoisotopic (exact) mass is 469 g/mol. The number of aromatic nitrogens is 1. The molecule has 33 heavy (non-hydrogen) atoms. The van der Waals surface area contributed by atoms with Gasteiger partial charge < -0.3 is 14.2 Å². The Morgan fingerprint density at radius 3 is 2.58 bits per heavy atom. The number of sulfonamides is 1. The van der Waals surface area contributed by atoms with Crippen molar-refractivity contribution in [1.82, 2.24) is 5.16 Å². The van der Waals surface area contributed by atoms with Crippen LogP contribution in [0, 0.1) is 0 Å². The van der Waals surface area contributed by atoms with Gasteiger partial charge >= 0.3 is 5.97 Å². The van der Waals surface area contributed by atoms with Crippen LogP contribution in [-0.4, -0.2) is 39.7 Å². The summed E-state index contributed by atoms with van der Waals surface area (Å²) in [6.07, 6.45) is 6.88. The van der Waals surface area contributed by atoms with Crippen molar-refractivity contribution >= 4 is 27.4 Å². The van der Waals surface area contributed by atoms with Gasteiger partial charge in [0.2, 0.25) is 0 Å². The lowest BCUT2D eigenvalue weighted by Crippen LogP contribution is -2.30. The molecule has 0 bridgehead atoms. The highest BCUT2D eigenvalue weighted by molar-refractivity contribution is 7.92. The van der Waals surface area contributed by atoms with Crippen molar-refractivity contribution in [3.63, 3.8) is 0 Å². The molecule has 0 aliphatic carbocycles. The Hall–Kier alpha value is -3.33. The van der Waals surface area contributed by atoms with Crippen LogP contribution in [0.4, 0.5) is 11.4 Å². The number of anilines is 2. The lowest BCUT2D eigenvalue weighted by atomic mass is 10.1. The highest BCUT2D eigenvalue weighted by atomic mass is 32.2. The van der Waals surface area contributed by atoms with E-state index >= 15 is 0 Å². The summed E-state index contributed by atoms with van der Waals surface area (Å²) >= 11 is 0. The molecule has 0 unspecified atom stereocenters. The molecule has 1 fully saturated rings. The number of hydrogen-bond donors (Lipinski definition) is 1. The fourth-order valence-electron chi connectivity index (χ4n) is 4.10. The fourth-order valence-corrected chi connectivity index (χ4v) is 5.50. The molecule has 8 nitrogen and oxygen atoms in total. The van der Waals surface area contributed by atoms with Crippen molar-refractivity contribution in [3.8, 4) is 11.1 Å². The van der Waals surface area contributed by atoms with Gasteiger partial charge in [0.15, 0.2) is 0 Å². The average Bonchev–Trinajstić information content (AvgIpc) is 3.38. The van der Waals surface area contributed by atoms with Crippen molar-refractivity contribution in [2.24, 2.45) is 0 Å². The molecule has 9 heteroatoms.